The van der Waals surface area contributed by atoms with Crippen LogP contribution >= 0.6 is 0 Å². The average molecular weight is 451 g/mol. The van der Waals surface area contributed by atoms with Crippen molar-refractivity contribution in [2.24, 2.45) is 39.4 Å². The van der Waals surface area contributed by atoms with Gasteiger partial charge in [-0.05, 0) is 108 Å². The van der Waals surface area contributed by atoms with Gasteiger partial charge in [-0.15, -0.1) is 0 Å². The first-order valence-corrected chi connectivity index (χ1v) is 13.1. The highest BCUT2D eigenvalue weighted by Gasteiger charge is 2.61. The van der Waals surface area contributed by atoms with Crippen molar-refractivity contribution in [3.05, 3.63) is 46.8 Å². The number of hydrogen-bond donors (Lipinski definition) is 1. The van der Waals surface area contributed by atoms with Crippen molar-refractivity contribution in [1.29, 1.82) is 0 Å². The number of aliphatic hydroxyl groups is 1. The standard InChI is InChI=1S/C30H42O3/c1-18-16-20(33-26(18)32)17-19(2)29(6)14-11-23-21-8-9-24-27(3,4)25(31)12-13-28(24,5)22(21)10-15-30(23,29)7/h8,11,16-17,19,22,24-25,31H,9-10,12-15H2,1-7H3/b20-17+/t19-,22+,24-,25+,28+,29-,30+/m0/s1. The Kier molecular flexibility index (Phi) is 5.05. The molecule has 0 saturated heterocycles. The maximum Gasteiger partial charge on any atom is 0.339 e. The van der Waals surface area contributed by atoms with Crippen molar-refractivity contribution in [2.75, 3.05) is 0 Å². The lowest BCUT2D eigenvalue weighted by atomic mass is 9.43. The summed E-state index contributed by atoms with van der Waals surface area (Å²) in [5, 5.41) is 10.8. The fourth-order valence-corrected chi connectivity index (χ4v) is 8.64. The molecule has 5 rings (SSSR count). The predicted molar refractivity (Wildman–Crippen MR) is 132 cm³/mol. The minimum Gasteiger partial charge on any atom is -0.423 e. The summed E-state index contributed by atoms with van der Waals surface area (Å²) >= 11 is 0. The smallest absolute Gasteiger partial charge is 0.339 e. The van der Waals surface area contributed by atoms with Gasteiger partial charge in [0.2, 0.25) is 0 Å². The van der Waals surface area contributed by atoms with E-state index in [1.807, 2.05) is 13.0 Å². The monoisotopic (exact) mass is 450 g/mol. The maximum absolute atomic E-state index is 11.9. The highest BCUT2D eigenvalue weighted by atomic mass is 16.5. The summed E-state index contributed by atoms with van der Waals surface area (Å²) in [5.41, 5.74) is 4.34. The lowest BCUT2D eigenvalue weighted by Gasteiger charge is -2.62. The van der Waals surface area contributed by atoms with Gasteiger partial charge in [-0.1, -0.05) is 53.7 Å². The number of esters is 1. The average Bonchev–Trinajstić information content (AvgIpc) is 3.21. The van der Waals surface area contributed by atoms with Crippen LogP contribution in [0.5, 0.6) is 0 Å². The Morgan fingerprint density at radius 3 is 2.52 bits per heavy atom. The number of rotatable bonds is 2. The zero-order chi connectivity index (χ0) is 24.0. The topological polar surface area (TPSA) is 46.5 Å². The molecule has 0 radical (unpaired) electrons. The van der Waals surface area contributed by atoms with Crippen molar-refractivity contribution >= 4 is 5.97 Å². The molecule has 4 aliphatic carbocycles. The largest absolute Gasteiger partial charge is 0.423 e. The van der Waals surface area contributed by atoms with Gasteiger partial charge in [-0.25, -0.2) is 4.79 Å². The SMILES string of the molecule is CC1=C/C(=C\[C@H](C)[C@]2(C)CC=C3C4=CC[C@H]5C(C)(C)[C@H](O)CC[C@]5(C)[C@@H]4CC[C@]32C)OC1=O. The number of carbonyl (C=O) groups is 1. The quantitative estimate of drug-likeness (QED) is 0.466. The highest BCUT2D eigenvalue weighted by molar-refractivity contribution is 5.92. The van der Waals surface area contributed by atoms with Crippen molar-refractivity contribution in [3.8, 4) is 0 Å². The Bertz CT molecular complexity index is 1010. The van der Waals surface area contributed by atoms with Crippen LogP contribution in [0.4, 0.5) is 0 Å². The second-order valence-corrected chi connectivity index (χ2v) is 13.1. The first-order valence-electron chi connectivity index (χ1n) is 13.1. The molecule has 3 nitrogen and oxygen atoms in total. The molecular formula is C30H42O3. The van der Waals surface area contributed by atoms with E-state index in [4.69, 9.17) is 4.74 Å². The zero-order valence-electron chi connectivity index (χ0n) is 21.6. The Labute approximate surface area is 200 Å². The third-order valence-corrected chi connectivity index (χ3v) is 11.4. The number of hydrogen-bond acceptors (Lipinski definition) is 3. The highest BCUT2D eigenvalue weighted by Crippen LogP contribution is 2.70. The number of fused-ring (bicyclic) bond motifs is 5. The lowest BCUT2D eigenvalue weighted by molar-refractivity contribution is -0.133. The summed E-state index contributed by atoms with van der Waals surface area (Å²) in [7, 11) is 0. The molecule has 5 aliphatic rings. The van der Waals surface area contributed by atoms with E-state index in [1.54, 1.807) is 11.1 Å². The van der Waals surface area contributed by atoms with Crippen molar-refractivity contribution in [1.82, 2.24) is 0 Å². The van der Waals surface area contributed by atoms with E-state index >= 15 is 0 Å². The number of ether oxygens (including phenoxy) is 1. The Morgan fingerprint density at radius 2 is 1.85 bits per heavy atom. The Balaban J connectivity index is 1.47. The van der Waals surface area contributed by atoms with Gasteiger partial charge in [0, 0.05) is 5.57 Å². The summed E-state index contributed by atoms with van der Waals surface area (Å²) < 4.78 is 5.48. The molecule has 0 aromatic heterocycles. The number of cyclic esters (lactones) is 1. The van der Waals surface area contributed by atoms with Crippen LogP contribution in [0.3, 0.4) is 0 Å². The number of carbonyl (C=O) groups excluding carboxylic acids is 1. The van der Waals surface area contributed by atoms with Crippen LogP contribution in [0, 0.1) is 39.4 Å². The molecule has 1 N–H and O–H groups in total. The molecule has 0 aromatic carbocycles. The van der Waals surface area contributed by atoms with Gasteiger partial charge in [0.25, 0.3) is 0 Å². The first-order chi connectivity index (χ1) is 15.3. The molecule has 1 aliphatic heterocycles. The maximum atomic E-state index is 11.9. The van der Waals surface area contributed by atoms with Crippen molar-refractivity contribution < 1.29 is 14.6 Å². The third-order valence-electron chi connectivity index (χ3n) is 11.4. The molecule has 2 saturated carbocycles. The fourth-order valence-electron chi connectivity index (χ4n) is 8.64. The summed E-state index contributed by atoms with van der Waals surface area (Å²) in [6.45, 7) is 16.2. The third kappa shape index (κ3) is 3.00. The summed E-state index contributed by atoms with van der Waals surface area (Å²) in [5.74, 6) is 1.93. The normalized spacial score (nSPS) is 45.9. The molecular weight excluding hydrogens is 408 g/mol. The van der Waals surface area contributed by atoms with E-state index in [-0.39, 0.29) is 33.7 Å². The van der Waals surface area contributed by atoms with Gasteiger partial charge in [-0.3, -0.25) is 0 Å². The molecule has 3 heteroatoms. The summed E-state index contributed by atoms with van der Waals surface area (Å²) in [6.07, 6.45) is 15.6. The van der Waals surface area contributed by atoms with Gasteiger partial charge in [0.05, 0.1) is 6.10 Å². The molecule has 180 valence electrons. The molecule has 1 heterocycles. The van der Waals surface area contributed by atoms with Crippen LogP contribution in [0.25, 0.3) is 0 Å². The van der Waals surface area contributed by atoms with Crippen molar-refractivity contribution in [2.45, 2.75) is 93.1 Å². The molecule has 0 spiro atoms. The molecule has 7 atom stereocenters. The van der Waals surface area contributed by atoms with E-state index < -0.39 is 0 Å². The van der Waals surface area contributed by atoms with Crippen LogP contribution in [-0.4, -0.2) is 17.2 Å². The second kappa shape index (κ2) is 7.20. The molecule has 0 bridgehead atoms. The minimum atomic E-state index is -0.216. The number of allylic oxidation sites excluding steroid dienone is 6. The van der Waals surface area contributed by atoms with E-state index in [1.165, 1.54) is 12.8 Å². The predicted octanol–water partition coefficient (Wildman–Crippen LogP) is 6.90. The molecule has 33 heavy (non-hydrogen) atoms. The van der Waals surface area contributed by atoms with E-state index in [9.17, 15) is 9.90 Å². The molecule has 0 amide bonds. The molecule has 0 aromatic rings. The van der Waals surface area contributed by atoms with Crippen LogP contribution < -0.4 is 0 Å². The van der Waals surface area contributed by atoms with Crippen LogP contribution in [0.1, 0.15) is 87.0 Å². The van der Waals surface area contributed by atoms with Crippen LogP contribution in [0.15, 0.2) is 46.8 Å². The van der Waals surface area contributed by atoms with Crippen LogP contribution in [0.2, 0.25) is 0 Å². The van der Waals surface area contributed by atoms with E-state index in [0.29, 0.717) is 29.1 Å². The lowest BCUT2D eigenvalue weighted by Crippen LogP contribution is -2.56. The fraction of sp³-hybridized carbons (Fsp3) is 0.700. The second-order valence-electron chi connectivity index (χ2n) is 13.1. The van der Waals surface area contributed by atoms with E-state index in [0.717, 1.165) is 25.7 Å². The van der Waals surface area contributed by atoms with Gasteiger partial charge in [0.1, 0.15) is 5.76 Å². The Hall–Kier alpha value is -1.61. The minimum absolute atomic E-state index is 0.0284. The van der Waals surface area contributed by atoms with E-state index in [2.05, 4.69) is 59.8 Å². The van der Waals surface area contributed by atoms with Gasteiger partial charge in [0.15, 0.2) is 0 Å². The van der Waals surface area contributed by atoms with Gasteiger partial charge >= 0.3 is 5.97 Å². The first kappa shape index (κ1) is 23.1. The van der Waals surface area contributed by atoms with Crippen molar-refractivity contribution in [3.63, 3.8) is 0 Å². The molecule has 2 fully saturated rings. The van der Waals surface area contributed by atoms with Gasteiger partial charge < -0.3 is 9.84 Å². The molecule has 0 unspecified atom stereocenters. The summed E-state index contributed by atoms with van der Waals surface area (Å²) in [6, 6.07) is 0. The van der Waals surface area contributed by atoms with Gasteiger partial charge in [-0.2, -0.15) is 0 Å². The number of aliphatic hydroxyl groups excluding tert-OH is 1. The van der Waals surface area contributed by atoms with Crippen LogP contribution in [-0.2, 0) is 9.53 Å². The Morgan fingerprint density at radius 1 is 1.12 bits per heavy atom. The zero-order valence-corrected chi connectivity index (χ0v) is 21.6. The summed E-state index contributed by atoms with van der Waals surface area (Å²) in [4.78, 5) is 11.9.